The summed E-state index contributed by atoms with van der Waals surface area (Å²) in [4.78, 5) is 12.6. The first-order chi connectivity index (χ1) is 8.36. The number of rotatable bonds is 1. The number of Topliss-reactive ketones (excluding diaryl/α,β-unsaturated/α-hetero) is 1. The fourth-order valence-corrected chi connectivity index (χ4v) is 3.95. The van der Waals surface area contributed by atoms with Crippen LogP contribution in [0.3, 0.4) is 0 Å². The van der Waals surface area contributed by atoms with Crippen LogP contribution in [0, 0.1) is 0 Å². The van der Waals surface area contributed by atoms with E-state index in [2.05, 4.69) is 63.7 Å². The summed E-state index contributed by atoms with van der Waals surface area (Å²) >= 11 is 14.0. The first-order valence-corrected chi connectivity index (χ1v) is 8.60. The lowest BCUT2D eigenvalue weighted by Gasteiger charge is -2.16. The normalized spacial score (nSPS) is 22.3. The van der Waals surface area contributed by atoms with Gasteiger partial charge in [-0.3, -0.25) is 4.79 Å². The monoisotopic (exact) mass is 502 g/mol. The second-order valence-electron chi connectivity index (χ2n) is 4.11. The van der Waals surface area contributed by atoms with E-state index in [0.717, 1.165) is 28.6 Å². The molecule has 0 aromatic heterocycles. The Bertz CT molecular complexity index is 499. The molecule has 0 aliphatic heterocycles. The van der Waals surface area contributed by atoms with E-state index in [1.54, 1.807) is 7.11 Å². The molecule has 98 valence electrons. The van der Waals surface area contributed by atoms with Crippen LogP contribution in [0.1, 0.15) is 33.6 Å². The van der Waals surface area contributed by atoms with Gasteiger partial charge < -0.3 is 4.74 Å². The van der Waals surface area contributed by atoms with Crippen LogP contribution in [0.4, 0.5) is 0 Å². The highest BCUT2D eigenvalue weighted by molar-refractivity contribution is 9.26. The van der Waals surface area contributed by atoms with E-state index in [-0.39, 0.29) is 10.6 Å². The molecule has 0 radical (unpaired) electrons. The summed E-state index contributed by atoms with van der Waals surface area (Å²) in [6.07, 6.45) is 1.58. The number of methoxy groups -OCH3 is 1. The third kappa shape index (κ3) is 2.72. The second kappa shape index (κ2) is 5.54. The zero-order chi connectivity index (χ0) is 13.5. The van der Waals surface area contributed by atoms with Gasteiger partial charge in [-0.05, 0) is 46.5 Å². The molecule has 0 saturated heterocycles. The Balaban J connectivity index is 2.63. The van der Waals surface area contributed by atoms with Crippen LogP contribution in [0.15, 0.2) is 16.6 Å². The van der Waals surface area contributed by atoms with Gasteiger partial charge in [0, 0.05) is 10.4 Å². The summed E-state index contributed by atoms with van der Waals surface area (Å²) in [5, 5.41) is 0. The standard InChI is InChI=1S/C12H10Br4O2/c1-18-10-5-6-7(4-9(10)14)11(17)12(15,16)3-2-8(6)13/h4-5,8H,2-3H2,1H3/t8-/m1/s1. The molecule has 0 N–H and O–H groups in total. The molecule has 0 heterocycles. The number of carbonyl (C=O) groups is 1. The summed E-state index contributed by atoms with van der Waals surface area (Å²) in [6, 6.07) is 3.74. The number of ether oxygens (including phenoxy) is 1. The molecule has 0 unspecified atom stereocenters. The van der Waals surface area contributed by atoms with Gasteiger partial charge in [-0.2, -0.15) is 0 Å². The molecule has 2 rings (SSSR count). The van der Waals surface area contributed by atoms with Gasteiger partial charge in [0.2, 0.25) is 0 Å². The van der Waals surface area contributed by atoms with Crippen molar-refractivity contribution in [1.82, 2.24) is 0 Å². The van der Waals surface area contributed by atoms with Crippen molar-refractivity contribution >= 4 is 69.5 Å². The molecule has 1 aromatic carbocycles. The first-order valence-electron chi connectivity index (χ1n) is 5.31. The van der Waals surface area contributed by atoms with Gasteiger partial charge in [0.25, 0.3) is 0 Å². The minimum absolute atomic E-state index is 0.0443. The number of carbonyl (C=O) groups excluding carboxylic acids is 1. The molecule has 0 saturated carbocycles. The zero-order valence-electron chi connectivity index (χ0n) is 9.47. The molecule has 0 amide bonds. The number of fused-ring (bicyclic) bond motifs is 1. The summed E-state index contributed by atoms with van der Waals surface area (Å²) in [7, 11) is 1.62. The van der Waals surface area contributed by atoms with Crippen molar-refractivity contribution < 1.29 is 9.53 Å². The predicted octanol–water partition coefficient (Wildman–Crippen LogP) is 5.36. The van der Waals surface area contributed by atoms with Crippen molar-refractivity contribution in [3.63, 3.8) is 0 Å². The van der Waals surface area contributed by atoms with Gasteiger partial charge >= 0.3 is 0 Å². The van der Waals surface area contributed by atoms with Gasteiger partial charge in [0.1, 0.15) is 8.98 Å². The van der Waals surface area contributed by atoms with Crippen molar-refractivity contribution in [2.24, 2.45) is 0 Å². The molecule has 1 atom stereocenters. The average molecular weight is 506 g/mol. The smallest absolute Gasteiger partial charge is 0.190 e. The van der Waals surface area contributed by atoms with E-state index < -0.39 is 3.23 Å². The number of benzene rings is 1. The van der Waals surface area contributed by atoms with E-state index in [1.807, 2.05) is 12.1 Å². The maximum Gasteiger partial charge on any atom is 0.190 e. The van der Waals surface area contributed by atoms with Crippen molar-refractivity contribution in [3.8, 4) is 5.75 Å². The SMILES string of the molecule is COc1cc2c(cc1Br)C(=O)C(Br)(Br)CC[C@H]2Br. The molecule has 1 aliphatic rings. The maximum atomic E-state index is 12.5. The van der Waals surface area contributed by atoms with Crippen LogP contribution in [0.2, 0.25) is 0 Å². The Morgan fingerprint density at radius 2 is 2.06 bits per heavy atom. The topological polar surface area (TPSA) is 26.3 Å². The minimum atomic E-state index is -0.675. The largest absolute Gasteiger partial charge is 0.496 e. The number of hydrogen-bond donors (Lipinski definition) is 0. The van der Waals surface area contributed by atoms with Gasteiger partial charge in [-0.25, -0.2) is 0 Å². The van der Waals surface area contributed by atoms with Crippen molar-refractivity contribution in [2.45, 2.75) is 20.9 Å². The van der Waals surface area contributed by atoms with Crippen LogP contribution in [-0.4, -0.2) is 16.1 Å². The lowest BCUT2D eigenvalue weighted by Crippen LogP contribution is -2.23. The van der Waals surface area contributed by atoms with E-state index in [4.69, 9.17) is 4.74 Å². The van der Waals surface area contributed by atoms with Crippen molar-refractivity contribution in [3.05, 3.63) is 27.7 Å². The molecule has 2 nitrogen and oxygen atoms in total. The fraction of sp³-hybridized carbons (Fsp3) is 0.417. The molecule has 1 aliphatic carbocycles. The van der Waals surface area contributed by atoms with Crippen LogP contribution >= 0.6 is 63.7 Å². The van der Waals surface area contributed by atoms with Crippen LogP contribution in [0.5, 0.6) is 5.75 Å². The first kappa shape index (κ1) is 15.0. The third-order valence-corrected chi connectivity index (χ3v) is 6.03. The van der Waals surface area contributed by atoms with Crippen molar-refractivity contribution in [2.75, 3.05) is 7.11 Å². The zero-order valence-corrected chi connectivity index (χ0v) is 15.8. The van der Waals surface area contributed by atoms with Crippen LogP contribution in [0.25, 0.3) is 0 Å². The predicted molar refractivity (Wildman–Crippen MR) is 86.5 cm³/mol. The number of halogens is 4. The van der Waals surface area contributed by atoms with Gasteiger partial charge in [0.05, 0.1) is 11.6 Å². The summed E-state index contributed by atoms with van der Waals surface area (Å²) in [5.74, 6) is 0.783. The fourth-order valence-electron chi connectivity index (χ4n) is 1.96. The Hall–Kier alpha value is 0.610. The van der Waals surface area contributed by atoms with Crippen LogP contribution in [-0.2, 0) is 0 Å². The molecule has 1 aromatic rings. The molecule has 0 fully saturated rings. The van der Waals surface area contributed by atoms with Gasteiger partial charge in [0.15, 0.2) is 5.78 Å². The third-order valence-electron chi connectivity index (χ3n) is 2.95. The number of alkyl halides is 3. The highest BCUT2D eigenvalue weighted by Gasteiger charge is 2.39. The van der Waals surface area contributed by atoms with E-state index >= 15 is 0 Å². The Morgan fingerprint density at radius 3 is 2.67 bits per heavy atom. The lowest BCUT2D eigenvalue weighted by molar-refractivity contribution is 0.0981. The summed E-state index contributed by atoms with van der Waals surface area (Å²) in [6.45, 7) is 0. The molecule has 0 spiro atoms. The molecule has 0 bridgehead atoms. The molecular formula is C12H10Br4O2. The van der Waals surface area contributed by atoms with Crippen molar-refractivity contribution in [1.29, 1.82) is 0 Å². The Kier molecular flexibility index (Phi) is 4.62. The van der Waals surface area contributed by atoms with E-state index in [1.165, 1.54) is 0 Å². The maximum absolute atomic E-state index is 12.5. The summed E-state index contributed by atoms with van der Waals surface area (Å²) < 4.78 is 5.40. The van der Waals surface area contributed by atoms with E-state index in [0.29, 0.717) is 5.56 Å². The van der Waals surface area contributed by atoms with Gasteiger partial charge in [-0.15, -0.1) is 0 Å². The highest BCUT2D eigenvalue weighted by atomic mass is 79.9. The lowest BCUT2D eigenvalue weighted by atomic mass is 10.0. The van der Waals surface area contributed by atoms with Crippen LogP contribution < -0.4 is 4.74 Å². The quantitative estimate of drug-likeness (QED) is 0.380. The number of hydrogen-bond acceptors (Lipinski definition) is 2. The van der Waals surface area contributed by atoms with E-state index in [9.17, 15) is 4.79 Å². The average Bonchev–Trinajstić information content (AvgIpc) is 2.41. The highest BCUT2D eigenvalue weighted by Crippen LogP contribution is 2.46. The summed E-state index contributed by atoms with van der Waals surface area (Å²) in [5.41, 5.74) is 1.68. The molecule has 6 heteroatoms. The minimum Gasteiger partial charge on any atom is -0.496 e. The number of ketones is 1. The molecule has 18 heavy (non-hydrogen) atoms. The van der Waals surface area contributed by atoms with Gasteiger partial charge in [-0.1, -0.05) is 47.8 Å². The Labute approximate surface area is 139 Å². The molecular weight excluding hydrogens is 496 g/mol. The Morgan fingerprint density at radius 1 is 1.39 bits per heavy atom. The second-order valence-corrected chi connectivity index (χ2v) is 9.85.